The molecule has 0 radical (unpaired) electrons. The van der Waals surface area contributed by atoms with Crippen LogP contribution in [0.5, 0.6) is 11.5 Å². The van der Waals surface area contributed by atoms with Gasteiger partial charge in [0.25, 0.3) is 5.91 Å². The minimum Gasteiger partial charge on any atom is -0.493 e. The molecule has 0 spiro atoms. The van der Waals surface area contributed by atoms with Gasteiger partial charge in [-0.1, -0.05) is 30.7 Å². The molecule has 0 unspecified atom stereocenters. The Morgan fingerprint density at radius 1 is 1.26 bits per heavy atom. The summed E-state index contributed by atoms with van der Waals surface area (Å²) in [5.41, 5.74) is 2.43. The van der Waals surface area contributed by atoms with Gasteiger partial charge in [0.1, 0.15) is 6.17 Å². The number of nitrogens with one attached hydrogen (secondary N) is 1. The molecule has 2 aromatic carbocycles. The van der Waals surface area contributed by atoms with E-state index in [0.29, 0.717) is 28.7 Å². The maximum Gasteiger partial charge on any atom is 0.258 e. The number of fused-ring (bicyclic) bond motifs is 1. The molecule has 0 saturated heterocycles. The summed E-state index contributed by atoms with van der Waals surface area (Å²) in [6.07, 6.45) is 2.64. The van der Waals surface area contributed by atoms with Crippen molar-refractivity contribution in [3.05, 3.63) is 52.5 Å². The van der Waals surface area contributed by atoms with Crippen LogP contribution >= 0.6 is 11.6 Å². The van der Waals surface area contributed by atoms with Gasteiger partial charge in [-0.3, -0.25) is 4.79 Å². The van der Waals surface area contributed by atoms with Gasteiger partial charge in [-0.2, -0.15) is 0 Å². The molecule has 5 nitrogen and oxygen atoms in total. The summed E-state index contributed by atoms with van der Waals surface area (Å²) < 4.78 is 11.3. The van der Waals surface area contributed by atoms with E-state index in [1.807, 2.05) is 48.2 Å². The predicted octanol–water partition coefficient (Wildman–Crippen LogP) is 4.87. The van der Waals surface area contributed by atoms with Gasteiger partial charge in [0, 0.05) is 17.3 Å². The van der Waals surface area contributed by atoms with E-state index in [1.165, 1.54) is 0 Å². The molecular formula is C21H23ClN2O3. The van der Waals surface area contributed by atoms with Gasteiger partial charge in [0.05, 0.1) is 24.3 Å². The molecule has 27 heavy (non-hydrogen) atoms. The average molecular weight is 387 g/mol. The van der Waals surface area contributed by atoms with Crippen LogP contribution in [-0.2, 0) is 0 Å². The minimum absolute atomic E-state index is 0.0539. The Morgan fingerprint density at radius 2 is 2.04 bits per heavy atom. The van der Waals surface area contributed by atoms with Crippen LogP contribution in [0.15, 0.2) is 36.4 Å². The summed E-state index contributed by atoms with van der Waals surface area (Å²) >= 11 is 6.51. The fourth-order valence-corrected chi connectivity index (χ4v) is 3.76. The molecule has 1 amide bonds. The Bertz CT molecular complexity index is 867. The van der Waals surface area contributed by atoms with Crippen molar-refractivity contribution in [2.75, 3.05) is 19.0 Å². The van der Waals surface area contributed by atoms with Gasteiger partial charge >= 0.3 is 0 Å². The first-order valence-electron chi connectivity index (χ1n) is 9.32. The largest absolute Gasteiger partial charge is 0.493 e. The van der Waals surface area contributed by atoms with Crippen LogP contribution in [0, 0.1) is 0 Å². The number of halogens is 1. The Kier molecular flexibility index (Phi) is 4.87. The van der Waals surface area contributed by atoms with Crippen LogP contribution in [0.4, 0.5) is 5.69 Å². The van der Waals surface area contributed by atoms with Crippen molar-refractivity contribution < 1.29 is 14.3 Å². The highest BCUT2D eigenvalue weighted by molar-refractivity contribution is 6.32. The van der Waals surface area contributed by atoms with Crippen molar-refractivity contribution in [3.63, 3.8) is 0 Å². The first-order valence-corrected chi connectivity index (χ1v) is 9.70. The second-order valence-electron chi connectivity index (χ2n) is 6.92. The van der Waals surface area contributed by atoms with Crippen LogP contribution in [0.1, 0.15) is 48.3 Å². The van der Waals surface area contributed by atoms with Crippen molar-refractivity contribution in [1.82, 2.24) is 4.90 Å². The number of benzene rings is 2. The number of amides is 1. The van der Waals surface area contributed by atoms with Gasteiger partial charge in [-0.25, -0.2) is 0 Å². The summed E-state index contributed by atoms with van der Waals surface area (Å²) in [5, 5.41) is 3.99. The molecule has 1 heterocycles. The Morgan fingerprint density at radius 3 is 2.74 bits per heavy atom. The van der Waals surface area contributed by atoms with Crippen molar-refractivity contribution >= 4 is 23.2 Å². The molecule has 1 aliphatic heterocycles. The Labute approximate surface area is 164 Å². The molecule has 1 saturated carbocycles. The highest BCUT2D eigenvalue weighted by Crippen LogP contribution is 2.44. The number of ether oxygens (including phenoxy) is 2. The SMILES string of the molecule is CCCOc1c(Cl)cc([C@@H]2Nc3ccccc3C(=O)N2C2CC2)cc1OC. The quantitative estimate of drug-likeness (QED) is 0.769. The topological polar surface area (TPSA) is 50.8 Å². The van der Waals surface area contributed by atoms with Crippen LogP contribution in [-0.4, -0.2) is 30.6 Å². The van der Waals surface area contributed by atoms with E-state index in [9.17, 15) is 4.79 Å². The van der Waals surface area contributed by atoms with E-state index in [1.54, 1.807) is 7.11 Å². The maximum absolute atomic E-state index is 13.1. The number of carbonyl (C=O) groups excluding carboxylic acids is 1. The van der Waals surface area contributed by atoms with Crippen molar-refractivity contribution in [2.45, 2.75) is 38.4 Å². The summed E-state index contributed by atoms with van der Waals surface area (Å²) in [7, 11) is 1.60. The van der Waals surface area contributed by atoms with Crippen molar-refractivity contribution in [1.29, 1.82) is 0 Å². The second-order valence-corrected chi connectivity index (χ2v) is 7.33. The third-order valence-corrected chi connectivity index (χ3v) is 5.20. The van der Waals surface area contributed by atoms with Crippen LogP contribution in [0.3, 0.4) is 0 Å². The standard InChI is InChI=1S/C21H23ClN2O3/c1-3-10-27-19-16(22)11-13(12-18(19)26-2)20-23-17-7-5-4-6-15(17)21(25)24(20)14-8-9-14/h4-7,11-12,14,20,23H,3,8-10H2,1-2H3/t20-/m1/s1. The number of hydrogen-bond donors (Lipinski definition) is 1. The number of para-hydroxylation sites is 1. The number of hydrogen-bond acceptors (Lipinski definition) is 4. The lowest BCUT2D eigenvalue weighted by atomic mass is 10.0. The minimum atomic E-state index is -0.286. The Hall–Kier alpha value is -2.40. The van der Waals surface area contributed by atoms with Gasteiger partial charge in [0.15, 0.2) is 11.5 Å². The molecule has 142 valence electrons. The zero-order valence-electron chi connectivity index (χ0n) is 15.5. The predicted molar refractivity (Wildman–Crippen MR) is 106 cm³/mol. The van der Waals surface area contributed by atoms with Crippen LogP contribution in [0.2, 0.25) is 5.02 Å². The fraction of sp³-hybridized carbons (Fsp3) is 0.381. The second kappa shape index (κ2) is 7.31. The monoisotopic (exact) mass is 386 g/mol. The lowest BCUT2D eigenvalue weighted by Crippen LogP contribution is -2.44. The average Bonchev–Trinajstić information content (AvgIpc) is 3.51. The first kappa shape index (κ1) is 18.0. The molecule has 1 fully saturated rings. The molecule has 1 atom stereocenters. The number of rotatable bonds is 6. The summed E-state index contributed by atoms with van der Waals surface area (Å²) in [5.74, 6) is 1.18. The number of nitrogens with zero attached hydrogens (tertiary/aromatic N) is 1. The zero-order valence-corrected chi connectivity index (χ0v) is 16.3. The smallest absolute Gasteiger partial charge is 0.258 e. The molecule has 2 aromatic rings. The van der Waals surface area contributed by atoms with Gasteiger partial charge in [-0.05, 0) is 43.5 Å². The van der Waals surface area contributed by atoms with Crippen LogP contribution in [0.25, 0.3) is 0 Å². The molecule has 0 bridgehead atoms. The van der Waals surface area contributed by atoms with Gasteiger partial charge in [-0.15, -0.1) is 0 Å². The van der Waals surface area contributed by atoms with Gasteiger partial charge < -0.3 is 19.7 Å². The van der Waals surface area contributed by atoms with E-state index in [4.69, 9.17) is 21.1 Å². The number of anilines is 1. The molecule has 4 rings (SSSR count). The van der Waals surface area contributed by atoms with E-state index in [2.05, 4.69) is 5.32 Å². The third-order valence-electron chi connectivity index (χ3n) is 4.92. The highest BCUT2D eigenvalue weighted by Gasteiger charge is 2.42. The molecule has 2 aliphatic rings. The fourth-order valence-electron chi connectivity index (χ4n) is 3.48. The van der Waals surface area contributed by atoms with E-state index >= 15 is 0 Å². The molecular weight excluding hydrogens is 364 g/mol. The molecule has 1 aliphatic carbocycles. The number of methoxy groups -OCH3 is 1. The molecule has 6 heteroatoms. The Balaban J connectivity index is 1.75. The first-order chi connectivity index (χ1) is 13.1. The lowest BCUT2D eigenvalue weighted by Gasteiger charge is -2.38. The summed E-state index contributed by atoms with van der Waals surface area (Å²) in [4.78, 5) is 15.1. The van der Waals surface area contributed by atoms with Gasteiger partial charge in [0.2, 0.25) is 0 Å². The number of carbonyl (C=O) groups is 1. The normalized spacial score (nSPS) is 18.7. The summed E-state index contributed by atoms with van der Waals surface area (Å²) in [6, 6.07) is 11.6. The van der Waals surface area contributed by atoms with E-state index in [0.717, 1.165) is 30.5 Å². The molecule has 0 aromatic heterocycles. The van der Waals surface area contributed by atoms with Crippen molar-refractivity contribution in [3.8, 4) is 11.5 Å². The van der Waals surface area contributed by atoms with Crippen LogP contribution < -0.4 is 14.8 Å². The molecule has 1 N–H and O–H groups in total. The highest BCUT2D eigenvalue weighted by atomic mass is 35.5. The van der Waals surface area contributed by atoms with E-state index in [-0.39, 0.29) is 18.1 Å². The zero-order chi connectivity index (χ0) is 19.0. The van der Waals surface area contributed by atoms with Crippen molar-refractivity contribution in [2.24, 2.45) is 0 Å². The third kappa shape index (κ3) is 3.32. The van der Waals surface area contributed by atoms with E-state index < -0.39 is 0 Å². The maximum atomic E-state index is 13.1. The lowest BCUT2D eigenvalue weighted by molar-refractivity contribution is 0.0666. The summed E-state index contributed by atoms with van der Waals surface area (Å²) in [6.45, 7) is 2.61.